The first-order valence-electron chi connectivity index (χ1n) is 5.21. The molecule has 0 saturated heterocycles. The van der Waals surface area contributed by atoms with Crippen LogP contribution in [0, 0.1) is 10.8 Å². The van der Waals surface area contributed by atoms with Crippen LogP contribution in [0.2, 0.25) is 0 Å². The van der Waals surface area contributed by atoms with Crippen LogP contribution in [0.15, 0.2) is 9.26 Å². The third-order valence-electron chi connectivity index (χ3n) is 2.53. The summed E-state index contributed by atoms with van der Waals surface area (Å²) in [4.78, 5) is 2.95. The Bertz CT molecular complexity index is 594. The Hall–Kier alpha value is -3.68. The van der Waals surface area contributed by atoms with Gasteiger partial charge in [-0.15, -0.1) is 0 Å². The molecule has 2 aromatic heterocycles. The summed E-state index contributed by atoms with van der Waals surface area (Å²) in [5.74, 6) is 1.18. The van der Waals surface area contributed by atoms with Crippen LogP contribution < -0.4 is 20.7 Å². The Morgan fingerprint density at radius 3 is 1.45 bits per heavy atom. The molecule has 100 valence electrons. The molecule has 0 fully saturated rings. The van der Waals surface area contributed by atoms with Crippen LogP contribution in [0.4, 0.5) is 23.3 Å². The molecule has 1 aliphatic heterocycles. The lowest BCUT2D eigenvalue weighted by Crippen LogP contribution is -2.36. The highest BCUT2D eigenvalue weighted by Gasteiger charge is 2.38. The first kappa shape index (κ1) is 11.4. The van der Waals surface area contributed by atoms with Gasteiger partial charge in [0.1, 0.15) is 0 Å². The largest absolute Gasteiger partial charge is 0.304 e. The van der Waals surface area contributed by atoms with Gasteiger partial charge >= 0.3 is 10.2 Å². The molecule has 3 heterocycles. The monoisotopic (exact) mass is 278 g/mol. The minimum Gasteiger partial charge on any atom is -0.274 e. The summed E-state index contributed by atoms with van der Waals surface area (Å²) in [7, 11) is 0. The normalized spacial score (nSPS) is 12.1. The number of fused-ring (bicyclic) bond motifs is 2. The molecular formula is C6H6N12O2+2. The predicted octanol–water partition coefficient (Wildman–Crippen LogP) is -0.327. The Morgan fingerprint density at radius 2 is 1.15 bits per heavy atom. The van der Waals surface area contributed by atoms with Gasteiger partial charge in [0.05, 0.1) is 0 Å². The van der Waals surface area contributed by atoms with Crippen LogP contribution in [0.5, 0.6) is 0 Å². The first-order valence-corrected chi connectivity index (χ1v) is 5.21. The van der Waals surface area contributed by atoms with Crippen molar-refractivity contribution in [2.45, 2.75) is 0 Å². The molecule has 0 atom stereocenters. The van der Waals surface area contributed by atoms with Crippen LogP contribution in [0.3, 0.4) is 0 Å². The van der Waals surface area contributed by atoms with Crippen LogP contribution in [-0.2, 0) is 0 Å². The van der Waals surface area contributed by atoms with E-state index in [9.17, 15) is 0 Å². The SMILES string of the molecule is N#[N+]NCN1c2nonc2N(CN[N+]#N)c2nonc21. The Balaban J connectivity index is 2.02. The van der Waals surface area contributed by atoms with Crippen molar-refractivity contribution in [3.05, 3.63) is 10.2 Å². The second-order valence-corrected chi connectivity index (χ2v) is 3.51. The van der Waals surface area contributed by atoms with Gasteiger partial charge in [-0.25, -0.2) is 9.26 Å². The van der Waals surface area contributed by atoms with E-state index in [2.05, 4.69) is 50.9 Å². The van der Waals surface area contributed by atoms with E-state index in [0.717, 1.165) is 0 Å². The molecule has 0 aliphatic carbocycles. The molecule has 0 radical (unpaired) electrons. The molecule has 14 heteroatoms. The zero-order valence-electron chi connectivity index (χ0n) is 9.70. The molecule has 14 nitrogen and oxygen atoms in total. The van der Waals surface area contributed by atoms with E-state index in [4.69, 9.17) is 10.8 Å². The number of nitrogens with one attached hydrogen (secondary N) is 2. The minimum absolute atomic E-state index is 0.0323. The molecule has 0 spiro atoms. The first-order chi connectivity index (χ1) is 9.86. The van der Waals surface area contributed by atoms with E-state index in [1.807, 2.05) is 0 Å². The van der Waals surface area contributed by atoms with E-state index in [1.54, 1.807) is 0 Å². The van der Waals surface area contributed by atoms with Gasteiger partial charge in [-0.1, -0.05) is 0 Å². The summed E-state index contributed by atoms with van der Waals surface area (Å²) >= 11 is 0. The van der Waals surface area contributed by atoms with Crippen molar-refractivity contribution in [1.82, 2.24) is 31.5 Å². The maximum absolute atomic E-state index is 8.47. The van der Waals surface area contributed by atoms with Crippen molar-refractivity contribution < 1.29 is 9.26 Å². The number of rotatable bonds is 4. The highest BCUT2D eigenvalue weighted by molar-refractivity contribution is 5.84. The van der Waals surface area contributed by atoms with Crippen molar-refractivity contribution in [2.75, 3.05) is 23.1 Å². The summed E-state index contributed by atoms with van der Waals surface area (Å²) in [5.41, 5.74) is 4.66. The Morgan fingerprint density at radius 1 is 0.800 bits per heavy atom. The molecular weight excluding hydrogens is 272 g/mol. The van der Waals surface area contributed by atoms with Crippen molar-refractivity contribution in [3.8, 4) is 0 Å². The third kappa shape index (κ3) is 1.56. The van der Waals surface area contributed by atoms with Crippen molar-refractivity contribution in [2.24, 2.45) is 0 Å². The molecule has 0 aromatic carbocycles. The van der Waals surface area contributed by atoms with E-state index in [-0.39, 0.29) is 13.3 Å². The maximum Gasteiger partial charge on any atom is 0.304 e. The average molecular weight is 278 g/mol. The highest BCUT2D eigenvalue weighted by atomic mass is 16.6. The molecule has 1 aliphatic rings. The smallest absolute Gasteiger partial charge is 0.274 e. The Kier molecular flexibility index (Phi) is 2.59. The van der Waals surface area contributed by atoms with Gasteiger partial charge in [0.2, 0.25) is 23.3 Å². The Labute approximate surface area is 109 Å². The third-order valence-corrected chi connectivity index (χ3v) is 2.53. The van der Waals surface area contributed by atoms with Crippen molar-refractivity contribution >= 4 is 23.3 Å². The van der Waals surface area contributed by atoms with E-state index in [0.29, 0.717) is 23.3 Å². The highest BCUT2D eigenvalue weighted by Crippen LogP contribution is 2.43. The van der Waals surface area contributed by atoms with Gasteiger partial charge in [-0.2, -0.15) is 0 Å². The van der Waals surface area contributed by atoms with E-state index in [1.165, 1.54) is 9.80 Å². The van der Waals surface area contributed by atoms with Gasteiger partial charge in [0.15, 0.2) is 13.3 Å². The number of anilines is 4. The molecule has 3 rings (SSSR count). The molecule has 20 heavy (non-hydrogen) atoms. The fourth-order valence-corrected chi connectivity index (χ4v) is 1.74. The summed E-state index contributed by atoms with van der Waals surface area (Å²) in [5, 5.41) is 37.4. The summed E-state index contributed by atoms with van der Waals surface area (Å²) in [6, 6.07) is 0. The molecule has 0 unspecified atom stereocenters. The van der Waals surface area contributed by atoms with Crippen LogP contribution in [0.25, 0.3) is 10.2 Å². The van der Waals surface area contributed by atoms with Crippen LogP contribution in [0.1, 0.15) is 0 Å². The van der Waals surface area contributed by atoms with Crippen LogP contribution >= 0.6 is 0 Å². The average Bonchev–Trinajstić information content (AvgIpc) is 3.11. The molecule has 2 N–H and O–H groups in total. The van der Waals surface area contributed by atoms with Gasteiger partial charge in [-0.05, 0) is 31.5 Å². The lowest BCUT2D eigenvalue weighted by atomic mass is 10.3. The summed E-state index contributed by atoms with van der Waals surface area (Å²) < 4.78 is 9.35. The molecule has 2 aromatic rings. The second-order valence-electron chi connectivity index (χ2n) is 3.51. The predicted molar refractivity (Wildman–Crippen MR) is 59.0 cm³/mol. The topological polar surface area (TPSA) is 165 Å². The summed E-state index contributed by atoms with van der Waals surface area (Å²) in [6.07, 6.45) is 0. The quantitative estimate of drug-likeness (QED) is 0.553. The van der Waals surface area contributed by atoms with Gasteiger partial charge < -0.3 is 0 Å². The second kappa shape index (κ2) is 4.53. The van der Waals surface area contributed by atoms with Crippen molar-refractivity contribution in [1.29, 1.82) is 10.8 Å². The number of hydrogen-bond acceptors (Lipinski definition) is 12. The zero-order valence-corrected chi connectivity index (χ0v) is 9.70. The lowest BCUT2D eigenvalue weighted by Gasteiger charge is -2.26. The standard InChI is InChI=1S/C6H6N12O2/c7-15-9-1-17-3-5(13-19-11-3)18(2-10-16-8)6-4(17)12-20-14-6/h9-10H,1-2H2/q+2. The fourth-order valence-electron chi connectivity index (χ4n) is 1.74. The molecule has 0 saturated carbocycles. The fraction of sp³-hybridized carbons (Fsp3) is 0.333. The zero-order chi connectivity index (χ0) is 13.9. The lowest BCUT2D eigenvalue weighted by molar-refractivity contribution is 0.302. The maximum atomic E-state index is 8.47. The molecule has 0 bridgehead atoms. The number of hydrogen-bond donors (Lipinski definition) is 2. The van der Waals surface area contributed by atoms with Crippen LogP contribution in [-0.4, -0.2) is 34.0 Å². The minimum atomic E-state index is 0.0323. The van der Waals surface area contributed by atoms with E-state index >= 15 is 0 Å². The number of aromatic nitrogens is 4. The molecule has 0 amide bonds. The summed E-state index contributed by atoms with van der Waals surface area (Å²) in [6.45, 7) is 0.0646. The number of diazo groups is 2. The number of nitrogens with zero attached hydrogens (tertiary/aromatic N) is 10. The van der Waals surface area contributed by atoms with Crippen molar-refractivity contribution in [3.63, 3.8) is 0 Å². The van der Waals surface area contributed by atoms with Gasteiger partial charge in [-0.3, -0.25) is 9.80 Å². The van der Waals surface area contributed by atoms with E-state index < -0.39 is 0 Å². The van der Waals surface area contributed by atoms with Gasteiger partial charge in [0.25, 0.3) is 10.8 Å². The van der Waals surface area contributed by atoms with Gasteiger partial charge in [0, 0.05) is 0 Å².